The second-order valence-corrected chi connectivity index (χ2v) is 3.61. The van der Waals surface area contributed by atoms with Crippen LogP contribution in [0.4, 0.5) is 19.0 Å². The predicted molar refractivity (Wildman–Crippen MR) is 61.1 cm³/mol. The summed E-state index contributed by atoms with van der Waals surface area (Å²) < 4.78 is 37.4. The number of nitrogens with one attached hydrogen (secondary N) is 2. The Morgan fingerprint density at radius 3 is 2.63 bits per heavy atom. The van der Waals surface area contributed by atoms with Gasteiger partial charge in [-0.3, -0.25) is 4.79 Å². The minimum absolute atomic E-state index is 0.0100. The number of hydrogen-bond donors (Lipinski definition) is 2. The summed E-state index contributed by atoms with van der Waals surface area (Å²) in [5, 5.41) is 13.8. The molecule has 0 saturated carbocycles. The van der Waals surface area contributed by atoms with Crippen LogP contribution >= 0.6 is 0 Å². The third kappa shape index (κ3) is 4.46. The second kappa shape index (κ2) is 6.04. The van der Waals surface area contributed by atoms with Gasteiger partial charge >= 0.3 is 6.18 Å². The maximum atomic E-state index is 12.5. The van der Waals surface area contributed by atoms with Crippen molar-refractivity contribution in [3.05, 3.63) is 23.4 Å². The molecule has 1 heterocycles. The van der Waals surface area contributed by atoms with Gasteiger partial charge in [0.25, 0.3) is 0 Å². The fourth-order valence-electron chi connectivity index (χ4n) is 1.26. The molecule has 0 saturated heterocycles. The molecule has 0 unspecified atom stereocenters. The van der Waals surface area contributed by atoms with E-state index < -0.39 is 11.9 Å². The molecule has 1 rings (SSSR count). The number of nitriles is 1. The molecule has 0 bridgehead atoms. The van der Waals surface area contributed by atoms with Gasteiger partial charge in [-0.05, 0) is 12.1 Å². The van der Waals surface area contributed by atoms with Crippen molar-refractivity contribution < 1.29 is 18.0 Å². The maximum absolute atomic E-state index is 12.5. The van der Waals surface area contributed by atoms with Gasteiger partial charge in [-0.25, -0.2) is 4.98 Å². The number of amides is 1. The molecular weight excluding hydrogens is 261 g/mol. The number of alkyl halides is 3. The summed E-state index contributed by atoms with van der Waals surface area (Å²) in [6.45, 7) is 1.71. The number of anilines is 1. The standard InChI is InChI=1S/C11H11F3N4O/c1-7(19)16-4-5-17-10-8(6-15)2-3-9(18-10)11(12,13)14/h2-3H,4-5H2,1H3,(H,16,19)(H,17,18). The van der Waals surface area contributed by atoms with Crippen LogP contribution in [0.25, 0.3) is 0 Å². The van der Waals surface area contributed by atoms with Crippen molar-refractivity contribution in [2.75, 3.05) is 18.4 Å². The van der Waals surface area contributed by atoms with Gasteiger partial charge in [0, 0.05) is 20.0 Å². The zero-order chi connectivity index (χ0) is 14.5. The molecule has 1 aromatic heterocycles. The molecule has 0 aromatic carbocycles. The summed E-state index contributed by atoms with van der Waals surface area (Å²) in [6.07, 6.45) is -4.57. The van der Waals surface area contributed by atoms with E-state index in [-0.39, 0.29) is 30.4 Å². The number of nitrogens with zero attached hydrogens (tertiary/aromatic N) is 2. The van der Waals surface area contributed by atoms with E-state index in [2.05, 4.69) is 15.6 Å². The molecule has 2 N–H and O–H groups in total. The molecule has 0 aliphatic heterocycles. The Balaban J connectivity index is 2.80. The molecule has 5 nitrogen and oxygen atoms in total. The van der Waals surface area contributed by atoms with Crippen LogP contribution < -0.4 is 10.6 Å². The van der Waals surface area contributed by atoms with Gasteiger partial charge in [0.1, 0.15) is 17.6 Å². The van der Waals surface area contributed by atoms with Crippen LogP contribution in [0.15, 0.2) is 12.1 Å². The van der Waals surface area contributed by atoms with Crippen molar-refractivity contribution in [1.82, 2.24) is 10.3 Å². The Bertz CT molecular complexity index is 508. The fourth-order valence-corrected chi connectivity index (χ4v) is 1.26. The Hall–Kier alpha value is -2.30. The van der Waals surface area contributed by atoms with Crippen LogP contribution in [0.1, 0.15) is 18.2 Å². The van der Waals surface area contributed by atoms with Crippen LogP contribution in [-0.2, 0) is 11.0 Å². The quantitative estimate of drug-likeness (QED) is 0.815. The number of rotatable bonds is 4. The number of hydrogen-bond acceptors (Lipinski definition) is 4. The number of carbonyl (C=O) groups excluding carboxylic acids is 1. The molecule has 0 radical (unpaired) electrons. The van der Waals surface area contributed by atoms with E-state index in [1.54, 1.807) is 6.07 Å². The molecule has 0 atom stereocenters. The van der Waals surface area contributed by atoms with Gasteiger partial charge in [-0.2, -0.15) is 18.4 Å². The Kier molecular flexibility index (Phi) is 4.69. The summed E-state index contributed by atoms with van der Waals surface area (Å²) in [7, 11) is 0. The van der Waals surface area contributed by atoms with Crippen LogP contribution in [0.5, 0.6) is 0 Å². The van der Waals surface area contributed by atoms with Gasteiger partial charge in [0.15, 0.2) is 0 Å². The molecule has 0 aliphatic carbocycles. The Morgan fingerprint density at radius 1 is 1.42 bits per heavy atom. The minimum atomic E-state index is -4.57. The normalized spacial score (nSPS) is 10.7. The SMILES string of the molecule is CC(=O)NCCNc1nc(C(F)(F)F)ccc1C#N. The zero-order valence-corrected chi connectivity index (χ0v) is 10.0. The summed E-state index contributed by atoms with van der Waals surface area (Å²) in [4.78, 5) is 14.0. The molecule has 1 amide bonds. The molecule has 102 valence electrons. The van der Waals surface area contributed by atoms with Crippen molar-refractivity contribution in [1.29, 1.82) is 5.26 Å². The first-order valence-electron chi connectivity index (χ1n) is 5.31. The van der Waals surface area contributed by atoms with Crippen molar-refractivity contribution in [3.8, 4) is 6.07 Å². The first kappa shape index (κ1) is 14.8. The lowest BCUT2D eigenvalue weighted by atomic mass is 10.2. The Morgan fingerprint density at radius 2 is 2.11 bits per heavy atom. The van der Waals surface area contributed by atoms with Crippen molar-refractivity contribution in [2.24, 2.45) is 0 Å². The minimum Gasteiger partial charge on any atom is -0.367 e. The average molecular weight is 272 g/mol. The summed E-state index contributed by atoms with van der Waals surface area (Å²) in [5.74, 6) is -0.401. The van der Waals surface area contributed by atoms with E-state index in [0.717, 1.165) is 12.1 Å². The van der Waals surface area contributed by atoms with Crippen molar-refractivity contribution in [3.63, 3.8) is 0 Å². The lowest BCUT2D eigenvalue weighted by Crippen LogP contribution is -2.26. The number of pyridine rings is 1. The summed E-state index contributed by atoms with van der Waals surface area (Å²) in [6, 6.07) is 3.54. The lowest BCUT2D eigenvalue weighted by molar-refractivity contribution is -0.141. The highest BCUT2D eigenvalue weighted by Gasteiger charge is 2.33. The van der Waals surface area contributed by atoms with Crippen molar-refractivity contribution in [2.45, 2.75) is 13.1 Å². The molecule has 8 heteroatoms. The molecule has 0 spiro atoms. The number of halogens is 3. The van der Waals surface area contributed by atoms with Gasteiger partial charge < -0.3 is 10.6 Å². The molecule has 0 fully saturated rings. The zero-order valence-electron chi connectivity index (χ0n) is 10.0. The summed E-state index contributed by atoms with van der Waals surface area (Å²) >= 11 is 0. The van der Waals surface area contributed by atoms with E-state index in [9.17, 15) is 18.0 Å². The van der Waals surface area contributed by atoms with E-state index in [1.165, 1.54) is 6.92 Å². The van der Waals surface area contributed by atoms with Crippen LogP contribution in [0.2, 0.25) is 0 Å². The summed E-state index contributed by atoms with van der Waals surface area (Å²) in [5.41, 5.74) is -1.07. The van der Waals surface area contributed by atoms with E-state index in [4.69, 9.17) is 5.26 Å². The first-order valence-corrected chi connectivity index (χ1v) is 5.31. The highest BCUT2D eigenvalue weighted by Crippen LogP contribution is 2.29. The second-order valence-electron chi connectivity index (χ2n) is 3.61. The van der Waals surface area contributed by atoms with Crippen LogP contribution in [0.3, 0.4) is 0 Å². The topological polar surface area (TPSA) is 77.8 Å². The van der Waals surface area contributed by atoms with Crippen molar-refractivity contribution >= 4 is 11.7 Å². The smallest absolute Gasteiger partial charge is 0.367 e. The average Bonchev–Trinajstić information content (AvgIpc) is 2.33. The van der Waals surface area contributed by atoms with Gasteiger partial charge in [-0.1, -0.05) is 0 Å². The Labute approximate surface area is 107 Å². The molecule has 19 heavy (non-hydrogen) atoms. The maximum Gasteiger partial charge on any atom is 0.433 e. The number of carbonyl (C=O) groups is 1. The first-order chi connectivity index (χ1) is 8.84. The highest BCUT2D eigenvalue weighted by atomic mass is 19.4. The largest absolute Gasteiger partial charge is 0.433 e. The highest BCUT2D eigenvalue weighted by molar-refractivity contribution is 5.72. The molecule has 0 aliphatic rings. The predicted octanol–water partition coefficient (Wildman–Crippen LogP) is 1.52. The lowest BCUT2D eigenvalue weighted by Gasteiger charge is -2.11. The third-order valence-corrected chi connectivity index (χ3v) is 2.10. The van der Waals surface area contributed by atoms with Crippen LogP contribution in [0, 0.1) is 11.3 Å². The molecule has 1 aromatic rings. The third-order valence-electron chi connectivity index (χ3n) is 2.10. The van der Waals surface area contributed by atoms with Crippen LogP contribution in [-0.4, -0.2) is 24.0 Å². The van der Waals surface area contributed by atoms with E-state index >= 15 is 0 Å². The fraction of sp³-hybridized carbons (Fsp3) is 0.364. The van der Waals surface area contributed by atoms with E-state index in [1.807, 2.05) is 0 Å². The monoisotopic (exact) mass is 272 g/mol. The van der Waals surface area contributed by atoms with Gasteiger partial charge in [-0.15, -0.1) is 0 Å². The molecular formula is C11H11F3N4O. The number of aromatic nitrogens is 1. The van der Waals surface area contributed by atoms with E-state index in [0.29, 0.717) is 0 Å². The van der Waals surface area contributed by atoms with Gasteiger partial charge in [0.2, 0.25) is 5.91 Å². The van der Waals surface area contributed by atoms with Gasteiger partial charge in [0.05, 0.1) is 5.56 Å².